The maximum atomic E-state index is 12.6. The second-order valence-corrected chi connectivity index (χ2v) is 16.7. The van der Waals surface area contributed by atoms with Gasteiger partial charge in [0.1, 0.15) is 0 Å². The minimum atomic E-state index is -0.113. The highest BCUT2D eigenvalue weighted by Gasteiger charge is 2.22. The molecular weight excluding hydrogens is 681 g/mol. The number of carbonyl (C=O) groups excluding carboxylic acids is 2. The third-order valence-electron chi connectivity index (χ3n) is 11.6. The predicted molar refractivity (Wildman–Crippen MR) is 237 cm³/mol. The zero-order chi connectivity index (χ0) is 39.7. The summed E-state index contributed by atoms with van der Waals surface area (Å²) in [5.74, 6) is -0.225. The van der Waals surface area contributed by atoms with Crippen LogP contribution in [0, 0.1) is 0 Å². The van der Waals surface area contributed by atoms with E-state index in [0.717, 1.165) is 45.2 Å². The molecule has 1 heterocycles. The number of carbonyl (C=O) groups is 2. The molecule has 6 nitrogen and oxygen atoms in total. The second kappa shape index (κ2) is 40.5. The average molecular weight is 773 g/mol. The van der Waals surface area contributed by atoms with Crippen LogP contribution in [0.4, 0.5) is 0 Å². The first-order valence-corrected chi connectivity index (χ1v) is 24.1. The van der Waals surface area contributed by atoms with Crippen LogP contribution in [0.3, 0.4) is 0 Å². The molecule has 0 aromatic rings. The Morgan fingerprint density at radius 2 is 0.891 bits per heavy atom. The van der Waals surface area contributed by atoms with Crippen molar-refractivity contribution in [2.45, 2.75) is 232 Å². The molecule has 55 heavy (non-hydrogen) atoms. The molecule has 1 aliphatic rings. The lowest BCUT2D eigenvalue weighted by atomic mass is 10.1. The number of esters is 2. The fourth-order valence-corrected chi connectivity index (χ4v) is 7.73. The van der Waals surface area contributed by atoms with E-state index in [4.69, 9.17) is 9.47 Å². The van der Waals surface area contributed by atoms with Crippen molar-refractivity contribution in [2.75, 3.05) is 46.4 Å². The molecule has 0 radical (unpaired) electrons. The summed E-state index contributed by atoms with van der Waals surface area (Å²) in [5.41, 5.74) is 0. The van der Waals surface area contributed by atoms with Crippen LogP contribution in [-0.2, 0) is 19.1 Å². The summed E-state index contributed by atoms with van der Waals surface area (Å²) in [7, 11) is 2.21. The van der Waals surface area contributed by atoms with E-state index in [2.05, 4.69) is 55.0 Å². The lowest BCUT2D eigenvalue weighted by Gasteiger charge is -2.26. The first-order chi connectivity index (χ1) is 27.1. The molecule has 322 valence electrons. The minimum absolute atomic E-state index is 0.113. The van der Waals surface area contributed by atoms with Crippen LogP contribution in [0.15, 0.2) is 24.3 Å². The van der Waals surface area contributed by atoms with Crippen molar-refractivity contribution >= 4 is 11.9 Å². The van der Waals surface area contributed by atoms with E-state index in [-0.39, 0.29) is 11.9 Å². The normalized spacial score (nSPS) is 14.9. The number of allylic oxidation sites excluding steroid dienone is 4. The number of ether oxygens (including phenoxy) is 2. The molecule has 0 saturated carbocycles. The van der Waals surface area contributed by atoms with Crippen LogP contribution < -0.4 is 0 Å². The number of hydrogen-bond donors (Lipinski definition) is 0. The van der Waals surface area contributed by atoms with Gasteiger partial charge in [-0.1, -0.05) is 154 Å². The van der Waals surface area contributed by atoms with Gasteiger partial charge < -0.3 is 19.3 Å². The molecule has 0 N–H and O–H groups in total. The van der Waals surface area contributed by atoms with Gasteiger partial charge in [0, 0.05) is 19.1 Å². The van der Waals surface area contributed by atoms with Crippen molar-refractivity contribution in [3.8, 4) is 0 Å². The number of nitrogens with zero attached hydrogens (tertiary/aromatic N) is 2. The highest BCUT2D eigenvalue weighted by molar-refractivity contribution is 5.70. The van der Waals surface area contributed by atoms with E-state index in [1.54, 1.807) is 0 Å². The van der Waals surface area contributed by atoms with Gasteiger partial charge in [-0.2, -0.15) is 0 Å². The lowest BCUT2D eigenvalue weighted by molar-refractivity contribution is -0.144. The third kappa shape index (κ3) is 35.3. The fraction of sp³-hybridized carbons (Fsp3) is 0.878. The molecule has 0 bridgehead atoms. The van der Waals surface area contributed by atoms with Crippen LogP contribution in [0.2, 0.25) is 0 Å². The highest BCUT2D eigenvalue weighted by Crippen LogP contribution is 2.19. The van der Waals surface area contributed by atoms with E-state index < -0.39 is 0 Å². The Labute approximate surface area is 342 Å². The van der Waals surface area contributed by atoms with E-state index >= 15 is 0 Å². The van der Waals surface area contributed by atoms with Crippen LogP contribution >= 0.6 is 0 Å². The van der Waals surface area contributed by atoms with Gasteiger partial charge in [-0.3, -0.25) is 9.59 Å². The molecule has 1 saturated heterocycles. The third-order valence-corrected chi connectivity index (χ3v) is 11.6. The van der Waals surface area contributed by atoms with Crippen molar-refractivity contribution in [2.24, 2.45) is 0 Å². The quantitative estimate of drug-likeness (QED) is 0.0350. The summed E-state index contributed by atoms with van der Waals surface area (Å²) in [4.78, 5) is 29.9. The Balaban J connectivity index is 2.09. The molecule has 1 fully saturated rings. The zero-order valence-electron chi connectivity index (χ0n) is 37.0. The molecule has 1 unspecified atom stereocenters. The molecule has 1 aliphatic heterocycles. The summed E-state index contributed by atoms with van der Waals surface area (Å²) < 4.78 is 11.2. The van der Waals surface area contributed by atoms with Crippen LogP contribution in [0.1, 0.15) is 226 Å². The summed E-state index contributed by atoms with van der Waals surface area (Å²) >= 11 is 0. The summed E-state index contributed by atoms with van der Waals surface area (Å²) in [6.07, 6.45) is 49.5. The zero-order valence-corrected chi connectivity index (χ0v) is 37.0. The first-order valence-electron chi connectivity index (χ1n) is 24.1. The second-order valence-electron chi connectivity index (χ2n) is 16.7. The maximum absolute atomic E-state index is 12.6. The van der Waals surface area contributed by atoms with Gasteiger partial charge in [0.15, 0.2) is 0 Å². The molecular formula is C49H92N2O4. The van der Waals surface area contributed by atoms with Gasteiger partial charge in [-0.05, 0) is 104 Å². The Kier molecular flexibility index (Phi) is 37.8. The molecule has 6 heteroatoms. The Morgan fingerprint density at radius 3 is 1.25 bits per heavy atom. The summed E-state index contributed by atoms with van der Waals surface area (Å²) in [5, 5.41) is 0. The largest absolute Gasteiger partial charge is 0.466 e. The van der Waals surface area contributed by atoms with Gasteiger partial charge in [-0.15, -0.1) is 0 Å². The standard InChI is InChI=1S/C49H92N2O4/c1-4-6-8-10-12-14-16-18-20-22-24-26-28-30-32-34-45-54-48(52)39-43-51(42-38-47-37-36-41-50(47)3)44-40-49(53)55-46-35-33-31-29-27-25-23-21-19-17-15-13-11-9-7-5-2/h18-21,47H,4-17,22-46H2,1-3H3/b20-18-,21-19-. The Bertz CT molecular complexity index is 845. The van der Waals surface area contributed by atoms with Gasteiger partial charge in [-0.25, -0.2) is 0 Å². The van der Waals surface area contributed by atoms with Crippen LogP contribution in [0.25, 0.3) is 0 Å². The lowest BCUT2D eigenvalue weighted by Crippen LogP contribution is -2.34. The molecule has 0 aromatic heterocycles. The smallest absolute Gasteiger partial charge is 0.307 e. The molecule has 0 aliphatic carbocycles. The maximum Gasteiger partial charge on any atom is 0.307 e. The van der Waals surface area contributed by atoms with Crippen molar-refractivity contribution in [1.29, 1.82) is 0 Å². The molecule has 1 rings (SSSR count). The number of likely N-dealkylation sites (tertiary alicyclic amines) is 1. The monoisotopic (exact) mass is 773 g/mol. The van der Waals surface area contributed by atoms with Gasteiger partial charge in [0.2, 0.25) is 0 Å². The highest BCUT2D eigenvalue weighted by atomic mass is 16.5. The van der Waals surface area contributed by atoms with E-state index in [1.165, 1.54) is 167 Å². The summed E-state index contributed by atoms with van der Waals surface area (Å²) in [6.45, 7) is 8.95. The van der Waals surface area contributed by atoms with E-state index in [0.29, 0.717) is 45.2 Å². The van der Waals surface area contributed by atoms with Gasteiger partial charge in [0.25, 0.3) is 0 Å². The van der Waals surface area contributed by atoms with Gasteiger partial charge >= 0.3 is 11.9 Å². The van der Waals surface area contributed by atoms with Crippen molar-refractivity contribution in [3.05, 3.63) is 24.3 Å². The predicted octanol–water partition coefficient (Wildman–Crippen LogP) is 13.7. The van der Waals surface area contributed by atoms with Crippen LogP contribution in [0.5, 0.6) is 0 Å². The number of rotatable bonds is 41. The topological polar surface area (TPSA) is 59.1 Å². The molecule has 0 spiro atoms. The molecule has 0 amide bonds. The van der Waals surface area contributed by atoms with Crippen LogP contribution in [-0.4, -0.2) is 74.2 Å². The Hall–Kier alpha value is -1.66. The fourth-order valence-electron chi connectivity index (χ4n) is 7.73. The van der Waals surface area contributed by atoms with Crippen molar-refractivity contribution in [3.63, 3.8) is 0 Å². The molecule has 1 atom stereocenters. The van der Waals surface area contributed by atoms with Crippen molar-refractivity contribution in [1.82, 2.24) is 9.80 Å². The Morgan fingerprint density at radius 1 is 0.527 bits per heavy atom. The number of hydrogen-bond acceptors (Lipinski definition) is 6. The number of unbranched alkanes of at least 4 members (excludes halogenated alkanes) is 24. The van der Waals surface area contributed by atoms with E-state index in [1.807, 2.05) is 0 Å². The van der Waals surface area contributed by atoms with Crippen molar-refractivity contribution < 1.29 is 19.1 Å². The SMILES string of the molecule is CCCCCCCC/C=C\CCCCCCCCOC(=O)CCN(CCC(=O)OCCCCCCCC/C=C\CCCCCCCC)CCC1CCCN1C. The summed E-state index contributed by atoms with van der Waals surface area (Å²) in [6, 6.07) is 0.596. The average Bonchev–Trinajstić information content (AvgIpc) is 3.60. The van der Waals surface area contributed by atoms with E-state index in [9.17, 15) is 9.59 Å². The first kappa shape index (κ1) is 51.4. The minimum Gasteiger partial charge on any atom is -0.466 e. The molecule has 0 aromatic carbocycles. The van der Waals surface area contributed by atoms with Gasteiger partial charge in [0.05, 0.1) is 26.1 Å².